The largest absolute Gasteiger partial charge is 0.340 e. The van der Waals surface area contributed by atoms with Crippen LogP contribution in [0.25, 0.3) is 0 Å². The van der Waals surface area contributed by atoms with Crippen molar-refractivity contribution in [2.45, 2.75) is 21.1 Å². The Morgan fingerprint density at radius 3 is 2.46 bits per heavy atom. The maximum Gasteiger partial charge on any atom is 0.175 e. The summed E-state index contributed by atoms with van der Waals surface area (Å²) in [5, 5.41) is 0. The van der Waals surface area contributed by atoms with Crippen molar-refractivity contribution >= 4 is 33.0 Å². The molecule has 24 heavy (non-hydrogen) atoms. The van der Waals surface area contributed by atoms with E-state index in [0.29, 0.717) is 4.90 Å². The average molecular weight is 363 g/mol. The maximum atomic E-state index is 11.9. The smallest absolute Gasteiger partial charge is 0.175 e. The zero-order valence-electron chi connectivity index (χ0n) is 14.2. The maximum absolute atomic E-state index is 11.9. The van der Waals surface area contributed by atoms with E-state index in [9.17, 15) is 8.42 Å². The van der Waals surface area contributed by atoms with Gasteiger partial charge in [0, 0.05) is 22.6 Å². The van der Waals surface area contributed by atoms with Gasteiger partial charge in [-0.3, -0.25) is 0 Å². The standard InChI is InChI=1S/C18H22N2O2S2/c1-19(2)11-6-12-20-15-7-4-5-8-17(15)23-18-10-9-14(13-16(18)20)24(3,21)22/h4-5,7-10,13H,6,11-12H2,1-3H3. The van der Waals surface area contributed by atoms with Gasteiger partial charge < -0.3 is 9.80 Å². The first-order valence-corrected chi connectivity index (χ1v) is 10.6. The summed E-state index contributed by atoms with van der Waals surface area (Å²) in [6.07, 6.45) is 2.27. The van der Waals surface area contributed by atoms with Crippen molar-refractivity contribution in [3.05, 3.63) is 42.5 Å². The van der Waals surface area contributed by atoms with Gasteiger partial charge in [0.05, 0.1) is 16.3 Å². The van der Waals surface area contributed by atoms with Crippen LogP contribution in [-0.4, -0.2) is 46.8 Å². The minimum atomic E-state index is -3.22. The molecule has 0 aromatic heterocycles. The predicted octanol–water partition coefficient (Wildman–Crippen LogP) is 3.64. The van der Waals surface area contributed by atoms with Crippen molar-refractivity contribution in [3.8, 4) is 0 Å². The lowest BCUT2D eigenvalue weighted by molar-refractivity contribution is 0.402. The zero-order valence-corrected chi connectivity index (χ0v) is 15.8. The molecule has 0 aliphatic carbocycles. The Morgan fingerprint density at radius 2 is 1.75 bits per heavy atom. The van der Waals surface area contributed by atoms with Crippen LogP contribution in [-0.2, 0) is 9.84 Å². The van der Waals surface area contributed by atoms with Gasteiger partial charge in [0.15, 0.2) is 9.84 Å². The highest BCUT2D eigenvalue weighted by Gasteiger charge is 2.24. The quantitative estimate of drug-likeness (QED) is 0.812. The lowest BCUT2D eigenvalue weighted by atomic mass is 10.2. The topological polar surface area (TPSA) is 40.6 Å². The van der Waals surface area contributed by atoms with Crippen molar-refractivity contribution in [3.63, 3.8) is 0 Å². The lowest BCUT2D eigenvalue weighted by Gasteiger charge is -2.33. The summed E-state index contributed by atoms with van der Waals surface area (Å²) in [5.74, 6) is 0. The molecule has 0 fully saturated rings. The molecule has 0 radical (unpaired) electrons. The van der Waals surface area contributed by atoms with Crippen LogP contribution in [0, 0.1) is 0 Å². The van der Waals surface area contributed by atoms with Crippen molar-refractivity contribution in [2.75, 3.05) is 38.3 Å². The molecule has 2 aromatic rings. The van der Waals surface area contributed by atoms with E-state index in [4.69, 9.17) is 0 Å². The highest BCUT2D eigenvalue weighted by molar-refractivity contribution is 7.99. The molecule has 1 aliphatic rings. The number of nitrogens with zero attached hydrogens (tertiary/aromatic N) is 2. The van der Waals surface area contributed by atoms with Gasteiger partial charge in [-0.15, -0.1) is 0 Å². The third-order valence-corrected chi connectivity index (χ3v) is 6.25. The van der Waals surface area contributed by atoms with Gasteiger partial charge in [-0.2, -0.15) is 0 Å². The van der Waals surface area contributed by atoms with Gasteiger partial charge >= 0.3 is 0 Å². The monoisotopic (exact) mass is 362 g/mol. The summed E-state index contributed by atoms with van der Waals surface area (Å²) in [4.78, 5) is 7.10. The number of rotatable bonds is 5. The molecule has 0 amide bonds. The molecule has 0 unspecified atom stereocenters. The first-order chi connectivity index (χ1) is 11.4. The Bertz CT molecular complexity index is 848. The van der Waals surface area contributed by atoms with Crippen molar-refractivity contribution in [1.82, 2.24) is 4.90 Å². The Balaban J connectivity index is 2.02. The molecule has 0 saturated heterocycles. The number of benzene rings is 2. The molecule has 0 atom stereocenters. The van der Waals surface area contributed by atoms with Crippen LogP contribution in [0.15, 0.2) is 57.2 Å². The first kappa shape index (κ1) is 17.3. The van der Waals surface area contributed by atoms with Crippen LogP contribution >= 0.6 is 11.8 Å². The Hall–Kier alpha value is -1.50. The molecule has 6 heteroatoms. The molecule has 3 rings (SSSR count). The number of hydrogen-bond donors (Lipinski definition) is 0. The summed E-state index contributed by atoms with van der Waals surface area (Å²) in [5.41, 5.74) is 2.14. The fraction of sp³-hybridized carbons (Fsp3) is 0.333. The normalized spacial score (nSPS) is 13.8. The van der Waals surface area contributed by atoms with Crippen LogP contribution in [0.2, 0.25) is 0 Å². The molecule has 0 N–H and O–H groups in total. The second-order valence-electron chi connectivity index (χ2n) is 6.28. The van der Waals surface area contributed by atoms with E-state index in [2.05, 4.69) is 36.0 Å². The summed E-state index contributed by atoms with van der Waals surface area (Å²) < 4.78 is 23.9. The third-order valence-electron chi connectivity index (χ3n) is 4.01. The molecule has 128 valence electrons. The number of anilines is 2. The molecular formula is C18H22N2O2S2. The molecule has 1 heterocycles. The van der Waals surface area contributed by atoms with Crippen molar-refractivity contribution in [1.29, 1.82) is 0 Å². The fourth-order valence-corrected chi connectivity index (χ4v) is 4.54. The van der Waals surface area contributed by atoms with Crippen molar-refractivity contribution < 1.29 is 8.42 Å². The zero-order chi connectivity index (χ0) is 17.3. The van der Waals surface area contributed by atoms with Gasteiger partial charge in [0.1, 0.15) is 0 Å². The second kappa shape index (κ2) is 6.78. The van der Waals surface area contributed by atoms with Gasteiger partial charge in [-0.05, 0) is 57.4 Å². The third kappa shape index (κ3) is 3.61. The van der Waals surface area contributed by atoms with Crippen LogP contribution in [0.5, 0.6) is 0 Å². The van der Waals surface area contributed by atoms with E-state index in [-0.39, 0.29) is 0 Å². The average Bonchev–Trinajstić information content (AvgIpc) is 2.52. The van der Waals surface area contributed by atoms with Crippen LogP contribution < -0.4 is 4.90 Å². The predicted molar refractivity (Wildman–Crippen MR) is 100 cm³/mol. The summed E-state index contributed by atoms with van der Waals surface area (Å²) in [6.45, 7) is 1.85. The van der Waals surface area contributed by atoms with E-state index in [1.54, 1.807) is 17.8 Å². The Kier molecular flexibility index (Phi) is 4.90. The number of sulfone groups is 1. The van der Waals surface area contributed by atoms with E-state index in [0.717, 1.165) is 35.8 Å². The highest BCUT2D eigenvalue weighted by atomic mass is 32.2. The summed E-state index contributed by atoms with van der Waals surface area (Å²) in [6, 6.07) is 13.7. The Labute approximate surface area is 148 Å². The minimum absolute atomic E-state index is 0.374. The molecule has 0 bridgehead atoms. The molecule has 1 aliphatic heterocycles. The van der Waals surface area contributed by atoms with E-state index >= 15 is 0 Å². The molecule has 0 saturated carbocycles. The minimum Gasteiger partial charge on any atom is -0.340 e. The number of hydrogen-bond acceptors (Lipinski definition) is 5. The van der Waals surface area contributed by atoms with Crippen LogP contribution in [0.4, 0.5) is 11.4 Å². The summed E-state index contributed by atoms with van der Waals surface area (Å²) >= 11 is 1.70. The second-order valence-corrected chi connectivity index (χ2v) is 9.38. The van der Waals surface area contributed by atoms with Crippen LogP contribution in [0.1, 0.15) is 6.42 Å². The lowest BCUT2D eigenvalue weighted by Crippen LogP contribution is -2.25. The van der Waals surface area contributed by atoms with E-state index < -0.39 is 9.84 Å². The molecule has 2 aromatic carbocycles. The fourth-order valence-electron chi connectivity index (χ4n) is 2.83. The van der Waals surface area contributed by atoms with Gasteiger partial charge in [-0.1, -0.05) is 23.9 Å². The Morgan fingerprint density at radius 1 is 1.04 bits per heavy atom. The van der Waals surface area contributed by atoms with E-state index in [1.807, 2.05) is 24.3 Å². The highest BCUT2D eigenvalue weighted by Crippen LogP contribution is 2.48. The molecular weight excluding hydrogens is 340 g/mol. The molecule has 0 spiro atoms. The van der Waals surface area contributed by atoms with Crippen molar-refractivity contribution in [2.24, 2.45) is 0 Å². The van der Waals surface area contributed by atoms with E-state index in [1.165, 1.54) is 11.2 Å². The first-order valence-electron chi connectivity index (χ1n) is 7.89. The molecule has 4 nitrogen and oxygen atoms in total. The number of fused-ring (bicyclic) bond motifs is 2. The van der Waals surface area contributed by atoms with Gasteiger partial charge in [0.2, 0.25) is 0 Å². The van der Waals surface area contributed by atoms with Gasteiger partial charge in [0.25, 0.3) is 0 Å². The number of para-hydroxylation sites is 1. The SMILES string of the molecule is CN(C)CCCN1c2ccccc2Sc2ccc(S(C)(=O)=O)cc21. The summed E-state index contributed by atoms with van der Waals surface area (Å²) in [7, 11) is 0.915. The van der Waals surface area contributed by atoms with Crippen LogP contribution in [0.3, 0.4) is 0 Å². The van der Waals surface area contributed by atoms with Gasteiger partial charge in [-0.25, -0.2) is 8.42 Å².